The lowest BCUT2D eigenvalue weighted by Crippen LogP contribution is -2.17. The van der Waals surface area contributed by atoms with Crippen molar-refractivity contribution < 1.29 is 14.3 Å². The highest BCUT2D eigenvalue weighted by Gasteiger charge is 2.15. The van der Waals surface area contributed by atoms with E-state index < -0.39 is 0 Å². The molecule has 0 aliphatic carbocycles. The monoisotopic (exact) mass is 228 g/mol. The van der Waals surface area contributed by atoms with Gasteiger partial charge >= 0.3 is 5.97 Å². The Labute approximate surface area is 98.5 Å². The van der Waals surface area contributed by atoms with Crippen LogP contribution in [0.2, 0.25) is 0 Å². The Kier molecular flexibility index (Phi) is 7.23. The van der Waals surface area contributed by atoms with Gasteiger partial charge in [-0.3, -0.25) is 4.79 Å². The molecule has 0 radical (unpaired) electrons. The minimum absolute atomic E-state index is 0.0254. The molecule has 0 aromatic carbocycles. The topological polar surface area (TPSA) is 35.5 Å². The number of hydrogen-bond donors (Lipinski definition) is 0. The molecule has 1 saturated heterocycles. The summed E-state index contributed by atoms with van der Waals surface area (Å²) in [6.45, 7) is 4.46. The third kappa shape index (κ3) is 6.11. The molecule has 0 amide bonds. The largest absolute Gasteiger partial charge is 0.466 e. The Morgan fingerprint density at radius 2 is 2.06 bits per heavy atom. The minimum Gasteiger partial charge on any atom is -0.466 e. The molecule has 3 nitrogen and oxygen atoms in total. The van der Waals surface area contributed by atoms with Crippen LogP contribution in [0.4, 0.5) is 0 Å². The zero-order valence-electron chi connectivity index (χ0n) is 10.4. The van der Waals surface area contributed by atoms with Crippen LogP contribution in [0.3, 0.4) is 0 Å². The Balaban J connectivity index is 1.96. The van der Waals surface area contributed by atoms with Crippen LogP contribution in [-0.2, 0) is 14.3 Å². The first-order valence-corrected chi connectivity index (χ1v) is 6.56. The molecule has 0 bridgehead atoms. The van der Waals surface area contributed by atoms with E-state index in [0.717, 1.165) is 45.3 Å². The van der Waals surface area contributed by atoms with E-state index >= 15 is 0 Å². The van der Waals surface area contributed by atoms with Crippen molar-refractivity contribution in [2.24, 2.45) is 5.92 Å². The average molecular weight is 228 g/mol. The van der Waals surface area contributed by atoms with E-state index in [4.69, 9.17) is 9.47 Å². The molecule has 1 rings (SSSR count). The van der Waals surface area contributed by atoms with Gasteiger partial charge in [-0.05, 0) is 31.6 Å². The van der Waals surface area contributed by atoms with Crippen molar-refractivity contribution in [1.82, 2.24) is 0 Å². The van der Waals surface area contributed by atoms with Crippen LogP contribution in [0.15, 0.2) is 0 Å². The van der Waals surface area contributed by atoms with Gasteiger partial charge in [0.1, 0.15) is 0 Å². The maximum Gasteiger partial charge on any atom is 0.305 e. The predicted octanol–water partition coefficient (Wildman–Crippen LogP) is 2.93. The molecule has 0 aromatic rings. The smallest absolute Gasteiger partial charge is 0.305 e. The Morgan fingerprint density at radius 1 is 1.31 bits per heavy atom. The van der Waals surface area contributed by atoms with Gasteiger partial charge in [-0.15, -0.1) is 0 Å². The van der Waals surface area contributed by atoms with Crippen molar-refractivity contribution in [3.63, 3.8) is 0 Å². The Hall–Kier alpha value is -0.570. The summed E-state index contributed by atoms with van der Waals surface area (Å²) < 4.78 is 10.4. The second-order valence-corrected chi connectivity index (χ2v) is 4.52. The normalized spacial score (nSPS) is 17.3. The molecule has 16 heavy (non-hydrogen) atoms. The third-order valence-electron chi connectivity index (χ3n) is 3.11. The van der Waals surface area contributed by atoms with Crippen LogP contribution < -0.4 is 0 Å². The first-order valence-electron chi connectivity index (χ1n) is 6.56. The highest BCUT2D eigenvalue weighted by Crippen LogP contribution is 2.20. The van der Waals surface area contributed by atoms with Crippen LogP contribution in [0.5, 0.6) is 0 Å². The summed E-state index contributed by atoms with van der Waals surface area (Å²) in [5, 5.41) is 0. The molecule has 0 atom stereocenters. The lowest BCUT2D eigenvalue weighted by molar-refractivity contribution is -0.144. The van der Waals surface area contributed by atoms with E-state index in [1.54, 1.807) is 0 Å². The highest BCUT2D eigenvalue weighted by atomic mass is 16.5. The van der Waals surface area contributed by atoms with E-state index in [-0.39, 0.29) is 5.97 Å². The third-order valence-corrected chi connectivity index (χ3v) is 3.11. The van der Waals surface area contributed by atoms with E-state index in [0.29, 0.717) is 18.9 Å². The minimum atomic E-state index is -0.0254. The van der Waals surface area contributed by atoms with E-state index in [1.807, 2.05) is 0 Å². The average Bonchev–Trinajstić information content (AvgIpc) is 2.33. The summed E-state index contributed by atoms with van der Waals surface area (Å²) >= 11 is 0. The van der Waals surface area contributed by atoms with Gasteiger partial charge in [0, 0.05) is 19.6 Å². The standard InChI is InChI=1S/C13H24O3/c1-2-3-4-9-16-13(14)6-5-12-7-10-15-11-8-12/h12H,2-11H2,1H3. The maximum absolute atomic E-state index is 11.4. The molecule has 0 saturated carbocycles. The fourth-order valence-corrected chi connectivity index (χ4v) is 1.97. The van der Waals surface area contributed by atoms with Gasteiger partial charge in [0.25, 0.3) is 0 Å². The van der Waals surface area contributed by atoms with Gasteiger partial charge in [0.2, 0.25) is 0 Å². The van der Waals surface area contributed by atoms with Gasteiger partial charge in [0.15, 0.2) is 0 Å². The van der Waals surface area contributed by atoms with Crippen LogP contribution in [0.1, 0.15) is 51.9 Å². The summed E-state index contributed by atoms with van der Waals surface area (Å²) in [7, 11) is 0. The van der Waals surface area contributed by atoms with Gasteiger partial charge < -0.3 is 9.47 Å². The molecule has 0 unspecified atom stereocenters. The molecule has 94 valence electrons. The van der Waals surface area contributed by atoms with E-state index in [1.165, 1.54) is 6.42 Å². The molecular weight excluding hydrogens is 204 g/mol. The lowest BCUT2D eigenvalue weighted by atomic mass is 9.95. The first kappa shape index (κ1) is 13.5. The summed E-state index contributed by atoms with van der Waals surface area (Å²) in [6.07, 6.45) is 7.06. The van der Waals surface area contributed by atoms with Crippen molar-refractivity contribution in [3.8, 4) is 0 Å². The van der Waals surface area contributed by atoms with Crippen LogP contribution in [-0.4, -0.2) is 25.8 Å². The predicted molar refractivity (Wildman–Crippen MR) is 63.3 cm³/mol. The molecule has 1 aliphatic rings. The fourth-order valence-electron chi connectivity index (χ4n) is 1.97. The first-order chi connectivity index (χ1) is 7.83. The zero-order valence-corrected chi connectivity index (χ0v) is 10.4. The van der Waals surface area contributed by atoms with Gasteiger partial charge in [-0.25, -0.2) is 0 Å². The van der Waals surface area contributed by atoms with Crippen LogP contribution in [0, 0.1) is 5.92 Å². The van der Waals surface area contributed by atoms with Crippen molar-refractivity contribution in [3.05, 3.63) is 0 Å². The molecule has 0 N–H and O–H groups in total. The summed E-state index contributed by atoms with van der Waals surface area (Å²) in [6, 6.07) is 0. The number of unbranched alkanes of at least 4 members (excludes halogenated alkanes) is 2. The quantitative estimate of drug-likeness (QED) is 0.496. The highest BCUT2D eigenvalue weighted by molar-refractivity contribution is 5.69. The Bertz CT molecular complexity index is 186. The number of rotatable bonds is 7. The second kappa shape index (κ2) is 8.57. The van der Waals surface area contributed by atoms with Crippen molar-refractivity contribution >= 4 is 5.97 Å². The van der Waals surface area contributed by atoms with E-state index in [9.17, 15) is 4.79 Å². The lowest BCUT2D eigenvalue weighted by Gasteiger charge is -2.21. The number of carbonyl (C=O) groups is 1. The number of ether oxygens (including phenoxy) is 2. The molecule has 1 aliphatic heterocycles. The van der Waals surface area contributed by atoms with Crippen molar-refractivity contribution in [1.29, 1.82) is 0 Å². The zero-order chi connectivity index (χ0) is 11.6. The van der Waals surface area contributed by atoms with Crippen LogP contribution in [0.25, 0.3) is 0 Å². The van der Waals surface area contributed by atoms with Gasteiger partial charge in [-0.1, -0.05) is 19.8 Å². The second-order valence-electron chi connectivity index (χ2n) is 4.52. The molecule has 3 heteroatoms. The SMILES string of the molecule is CCCCCOC(=O)CCC1CCOCC1. The summed E-state index contributed by atoms with van der Waals surface area (Å²) in [5.74, 6) is 0.638. The number of carbonyl (C=O) groups excluding carboxylic acids is 1. The van der Waals surface area contributed by atoms with Gasteiger partial charge in [-0.2, -0.15) is 0 Å². The maximum atomic E-state index is 11.4. The Morgan fingerprint density at radius 3 is 2.75 bits per heavy atom. The summed E-state index contributed by atoms with van der Waals surface area (Å²) in [5.41, 5.74) is 0. The molecular formula is C13H24O3. The number of esters is 1. The molecule has 0 aromatic heterocycles. The van der Waals surface area contributed by atoms with E-state index in [2.05, 4.69) is 6.92 Å². The molecule has 1 fully saturated rings. The molecule has 0 spiro atoms. The van der Waals surface area contributed by atoms with Crippen LogP contribution >= 0.6 is 0 Å². The summed E-state index contributed by atoms with van der Waals surface area (Å²) in [4.78, 5) is 11.4. The molecule has 1 heterocycles. The number of hydrogen-bond acceptors (Lipinski definition) is 3. The van der Waals surface area contributed by atoms with Crippen molar-refractivity contribution in [2.45, 2.75) is 51.9 Å². The fraction of sp³-hybridized carbons (Fsp3) is 0.923. The van der Waals surface area contributed by atoms with Gasteiger partial charge in [0.05, 0.1) is 6.61 Å². The van der Waals surface area contributed by atoms with Crippen molar-refractivity contribution in [2.75, 3.05) is 19.8 Å².